The molecule has 34 heavy (non-hydrogen) atoms. The molecule has 0 aliphatic rings. The van der Waals surface area contributed by atoms with E-state index in [0.717, 1.165) is 27.8 Å². The van der Waals surface area contributed by atoms with Crippen molar-refractivity contribution < 1.29 is 9.21 Å². The van der Waals surface area contributed by atoms with Gasteiger partial charge in [0.15, 0.2) is 22.4 Å². The van der Waals surface area contributed by atoms with Gasteiger partial charge in [-0.25, -0.2) is 9.97 Å². The summed E-state index contributed by atoms with van der Waals surface area (Å²) < 4.78 is 7.45. The van der Waals surface area contributed by atoms with E-state index < -0.39 is 0 Å². The minimum atomic E-state index is -0.0915. The van der Waals surface area contributed by atoms with Gasteiger partial charge in [0, 0.05) is 18.4 Å². The monoisotopic (exact) mass is 469 g/mol. The highest BCUT2D eigenvalue weighted by Crippen LogP contribution is 2.29. The number of thioether (sulfide) groups is 1. The van der Waals surface area contributed by atoms with Crippen molar-refractivity contribution in [3.05, 3.63) is 72.8 Å². The summed E-state index contributed by atoms with van der Waals surface area (Å²) in [5, 5.41) is 13.1. The molecule has 0 aliphatic carbocycles. The van der Waals surface area contributed by atoms with Gasteiger partial charge in [0.2, 0.25) is 5.91 Å². The number of carbonyl (C=O) groups is 1. The van der Waals surface area contributed by atoms with Crippen LogP contribution in [-0.4, -0.2) is 47.8 Å². The molecule has 4 aromatic heterocycles. The summed E-state index contributed by atoms with van der Waals surface area (Å²) >= 11 is 1.31. The zero-order chi connectivity index (χ0) is 22.9. The molecular weight excluding hydrogens is 450 g/mol. The van der Waals surface area contributed by atoms with Crippen LogP contribution >= 0.6 is 11.8 Å². The number of fused-ring (bicyclic) bond motifs is 4. The maximum atomic E-state index is 12.5. The van der Waals surface area contributed by atoms with Crippen LogP contribution < -0.4 is 5.32 Å². The molecule has 0 fully saturated rings. The van der Waals surface area contributed by atoms with E-state index in [1.54, 1.807) is 6.26 Å². The van der Waals surface area contributed by atoms with Crippen LogP contribution in [0.2, 0.25) is 0 Å². The van der Waals surface area contributed by atoms with Gasteiger partial charge in [-0.15, -0.1) is 10.2 Å². The number of para-hydroxylation sites is 3. The van der Waals surface area contributed by atoms with Gasteiger partial charge in [-0.3, -0.25) is 9.20 Å². The number of rotatable bonds is 7. The second-order valence-electron chi connectivity index (χ2n) is 7.66. The maximum Gasteiger partial charge on any atom is 0.230 e. The fourth-order valence-electron chi connectivity index (χ4n) is 3.85. The van der Waals surface area contributed by atoms with Crippen molar-refractivity contribution >= 4 is 45.3 Å². The van der Waals surface area contributed by atoms with E-state index in [-0.39, 0.29) is 11.7 Å². The summed E-state index contributed by atoms with van der Waals surface area (Å²) in [5.41, 5.74) is 3.39. The van der Waals surface area contributed by atoms with Crippen LogP contribution in [-0.2, 0) is 11.2 Å². The lowest BCUT2D eigenvalue weighted by Gasteiger charge is -2.08. The Hall–Kier alpha value is -4.18. The first-order chi connectivity index (χ1) is 16.8. The number of aromatic amines is 1. The SMILES string of the molecule is O=C(CSc1nnc2c3ccccc3nc(-c3ccco3)n12)NCCc1nc2ccccc2[nH]1. The molecule has 0 unspecified atom stereocenters. The second-order valence-corrected chi connectivity index (χ2v) is 8.60. The molecule has 6 rings (SSSR count). The topological polar surface area (TPSA) is 114 Å². The molecule has 168 valence electrons. The number of furan rings is 1. The normalized spacial score (nSPS) is 11.5. The Morgan fingerprint density at radius 1 is 1.00 bits per heavy atom. The van der Waals surface area contributed by atoms with Crippen LogP contribution in [0.15, 0.2) is 76.5 Å². The standard InChI is InChI=1S/C24H19N7O2S/c32-21(25-12-11-20-26-17-8-3-4-9-18(17)27-20)14-34-24-30-29-22-15-6-1-2-7-16(15)28-23(31(22)24)19-10-5-13-33-19/h1-10,13H,11-12,14H2,(H,25,32)(H,26,27). The lowest BCUT2D eigenvalue weighted by Crippen LogP contribution is -2.27. The molecule has 4 heterocycles. The van der Waals surface area contributed by atoms with Gasteiger partial charge >= 0.3 is 0 Å². The molecule has 10 heteroatoms. The van der Waals surface area contributed by atoms with E-state index >= 15 is 0 Å². The highest BCUT2D eigenvalue weighted by atomic mass is 32.2. The van der Waals surface area contributed by atoms with Crippen LogP contribution in [0.1, 0.15) is 5.82 Å². The number of hydrogen-bond donors (Lipinski definition) is 2. The summed E-state index contributed by atoms with van der Waals surface area (Å²) in [6.45, 7) is 0.490. The van der Waals surface area contributed by atoms with E-state index in [0.29, 0.717) is 35.4 Å². The van der Waals surface area contributed by atoms with Crippen molar-refractivity contribution in [2.45, 2.75) is 11.6 Å². The van der Waals surface area contributed by atoms with Crippen molar-refractivity contribution in [1.82, 2.24) is 34.9 Å². The summed E-state index contributed by atoms with van der Waals surface area (Å²) in [7, 11) is 0. The Morgan fingerprint density at radius 3 is 2.71 bits per heavy atom. The first-order valence-corrected chi connectivity index (χ1v) is 11.8. The van der Waals surface area contributed by atoms with Crippen LogP contribution in [0.3, 0.4) is 0 Å². The molecule has 1 amide bonds. The number of imidazole rings is 1. The molecule has 0 aliphatic heterocycles. The molecule has 9 nitrogen and oxygen atoms in total. The van der Waals surface area contributed by atoms with Gasteiger partial charge in [0.25, 0.3) is 0 Å². The first kappa shape index (κ1) is 20.4. The van der Waals surface area contributed by atoms with Gasteiger partial charge in [-0.1, -0.05) is 36.0 Å². The molecule has 0 atom stereocenters. The molecule has 2 aromatic carbocycles. The van der Waals surface area contributed by atoms with Gasteiger partial charge in [0.1, 0.15) is 5.82 Å². The predicted octanol–water partition coefficient (Wildman–Crippen LogP) is 3.86. The fraction of sp³-hybridized carbons (Fsp3) is 0.125. The third-order valence-electron chi connectivity index (χ3n) is 5.41. The van der Waals surface area contributed by atoms with E-state index in [1.807, 2.05) is 65.1 Å². The molecule has 0 saturated carbocycles. The van der Waals surface area contributed by atoms with Gasteiger partial charge < -0.3 is 14.7 Å². The van der Waals surface area contributed by atoms with Gasteiger partial charge in [-0.2, -0.15) is 0 Å². The molecule has 2 N–H and O–H groups in total. The third-order valence-corrected chi connectivity index (χ3v) is 6.34. The minimum absolute atomic E-state index is 0.0915. The largest absolute Gasteiger partial charge is 0.461 e. The van der Waals surface area contributed by atoms with Gasteiger partial charge in [-0.05, 0) is 36.4 Å². The summed E-state index contributed by atoms with van der Waals surface area (Å²) in [4.78, 5) is 25.1. The highest BCUT2D eigenvalue weighted by molar-refractivity contribution is 7.99. The quantitative estimate of drug-likeness (QED) is 0.341. The molecular formula is C24H19N7O2S. The van der Waals surface area contributed by atoms with Crippen molar-refractivity contribution in [3.63, 3.8) is 0 Å². The summed E-state index contributed by atoms with van der Waals surface area (Å²) in [6.07, 6.45) is 2.22. The Kier molecular flexibility index (Phi) is 5.19. The smallest absolute Gasteiger partial charge is 0.230 e. The van der Waals surface area contributed by atoms with E-state index in [9.17, 15) is 4.79 Å². The third kappa shape index (κ3) is 3.77. The average Bonchev–Trinajstić information content (AvgIpc) is 3.62. The minimum Gasteiger partial charge on any atom is -0.461 e. The van der Waals surface area contributed by atoms with Crippen molar-refractivity contribution in [3.8, 4) is 11.6 Å². The summed E-state index contributed by atoms with van der Waals surface area (Å²) in [6, 6.07) is 19.3. The fourth-order valence-corrected chi connectivity index (χ4v) is 4.61. The average molecular weight is 470 g/mol. The number of aromatic nitrogens is 6. The first-order valence-electron chi connectivity index (χ1n) is 10.8. The summed E-state index contributed by atoms with van der Waals surface area (Å²) in [5.74, 6) is 2.15. The van der Waals surface area contributed by atoms with Crippen LogP contribution in [0, 0.1) is 0 Å². The number of nitrogens with zero attached hydrogens (tertiary/aromatic N) is 5. The number of benzene rings is 2. The van der Waals surface area contributed by atoms with Crippen molar-refractivity contribution in [1.29, 1.82) is 0 Å². The number of carbonyl (C=O) groups excluding carboxylic acids is 1. The number of nitrogens with one attached hydrogen (secondary N) is 2. The Balaban J connectivity index is 1.18. The zero-order valence-electron chi connectivity index (χ0n) is 17.9. The lowest BCUT2D eigenvalue weighted by molar-refractivity contribution is -0.118. The highest BCUT2D eigenvalue weighted by Gasteiger charge is 2.19. The van der Waals surface area contributed by atoms with Gasteiger partial charge in [0.05, 0.1) is 28.6 Å². The van der Waals surface area contributed by atoms with Crippen LogP contribution in [0.5, 0.6) is 0 Å². The molecule has 0 spiro atoms. The molecule has 6 aromatic rings. The molecule has 0 bridgehead atoms. The lowest BCUT2D eigenvalue weighted by atomic mass is 10.2. The maximum absolute atomic E-state index is 12.5. The second kappa shape index (κ2) is 8.64. The van der Waals surface area contributed by atoms with E-state index in [2.05, 4.69) is 25.5 Å². The Labute approximate surface area is 197 Å². The number of amides is 1. The Morgan fingerprint density at radius 2 is 1.85 bits per heavy atom. The van der Waals surface area contributed by atoms with Crippen molar-refractivity contribution in [2.75, 3.05) is 12.3 Å². The molecule has 0 saturated heterocycles. The number of hydrogen-bond acceptors (Lipinski definition) is 7. The molecule has 0 radical (unpaired) electrons. The van der Waals surface area contributed by atoms with Crippen LogP contribution in [0.4, 0.5) is 0 Å². The number of H-pyrrole nitrogens is 1. The van der Waals surface area contributed by atoms with Crippen LogP contribution in [0.25, 0.3) is 39.2 Å². The Bertz CT molecular complexity index is 1590. The van der Waals surface area contributed by atoms with E-state index in [1.165, 1.54) is 11.8 Å². The van der Waals surface area contributed by atoms with E-state index in [4.69, 9.17) is 9.40 Å². The van der Waals surface area contributed by atoms with Crippen molar-refractivity contribution in [2.24, 2.45) is 0 Å². The zero-order valence-corrected chi connectivity index (χ0v) is 18.7. The predicted molar refractivity (Wildman–Crippen MR) is 130 cm³/mol.